The first-order valence-electron chi connectivity index (χ1n) is 6.61. The first-order valence-corrected chi connectivity index (χ1v) is 6.99. The number of rotatable bonds is 1. The minimum atomic E-state index is -0.106. The van der Waals surface area contributed by atoms with Crippen molar-refractivity contribution in [3.63, 3.8) is 0 Å². The number of anilines is 1. The van der Waals surface area contributed by atoms with E-state index in [2.05, 4.69) is 10.3 Å². The van der Waals surface area contributed by atoms with Gasteiger partial charge in [0.25, 0.3) is 5.91 Å². The molecule has 0 radical (unpaired) electrons. The lowest BCUT2D eigenvalue weighted by atomic mass is 10.1. The van der Waals surface area contributed by atoms with Gasteiger partial charge in [0.15, 0.2) is 0 Å². The molecule has 21 heavy (non-hydrogen) atoms. The maximum absolute atomic E-state index is 12.1. The Morgan fingerprint density at radius 3 is 2.76 bits per heavy atom. The Hall–Kier alpha value is -2.52. The number of hydrogen-bond acceptors (Lipinski definition) is 1. The monoisotopic (exact) mass is 294 g/mol. The molecule has 4 rings (SSSR count). The number of para-hydroxylation sites is 1. The van der Waals surface area contributed by atoms with E-state index >= 15 is 0 Å². The normalized spacial score (nSPS) is 15.5. The first-order chi connectivity index (χ1) is 10.2. The van der Waals surface area contributed by atoms with Crippen molar-refractivity contribution in [2.75, 3.05) is 5.32 Å². The van der Waals surface area contributed by atoms with Gasteiger partial charge >= 0.3 is 0 Å². The van der Waals surface area contributed by atoms with Crippen LogP contribution in [-0.4, -0.2) is 10.9 Å². The first kappa shape index (κ1) is 12.2. The molecule has 1 aliphatic heterocycles. The molecule has 0 aliphatic carbocycles. The van der Waals surface area contributed by atoms with Gasteiger partial charge < -0.3 is 10.3 Å². The van der Waals surface area contributed by atoms with Crippen LogP contribution in [0.5, 0.6) is 0 Å². The molecule has 0 fully saturated rings. The second kappa shape index (κ2) is 4.50. The fraction of sp³-hybridized carbons (Fsp3) is 0. The molecule has 1 aliphatic rings. The van der Waals surface area contributed by atoms with Crippen molar-refractivity contribution in [2.45, 2.75) is 0 Å². The van der Waals surface area contributed by atoms with Crippen molar-refractivity contribution in [3.05, 3.63) is 64.8 Å². The zero-order valence-electron chi connectivity index (χ0n) is 11.0. The van der Waals surface area contributed by atoms with E-state index in [-0.39, 0.29) is 5.91 Å². The zero-order valence-corrected chi connectivity index (χ0v) is 11.7. The van der Waals surface area contributed by atoms with Crippen LogP contribution in [0.2, 0.25) is 5.02 Å². The van der Waals surface area contributed by atoms with Crippen LogP contribution in [0.25, 0.3) is 22.6 Å². The Labute approximate surface area is 126 Å². The van der Waals surface area contributed by atoms with E-state index in [1.54, 1.807) is 6.07 Å². The van der Waals surface area contributed by atoms with E-state index in [0.717, 1.165) is 27.8 Å². The molecular formula is C17H11ClN2O. The summed E-state index contributed by atoms with van der Waals surface area (Å²) in [6.07, 6.45) is 1.86. The number of carbonyl (C=O) groups excluding carboxylic acids is 1. The highest BCUT2D eigenvalue weighted by atomic mass is 35.5. The van der Waals surface area contributed by atoms with Gasteiger partial charge in [-0.3, -0.25) is 4.79 Å². The molecule has 0 saturated heterocycles. The van der Waals surface area contributed by atoms with Crippen molar-refractivity contribution in [1.82, 2.24) is 4.98 Å². The molecule has 0 bridgehead atoms. The smallest absolute Gasteiger partial charge is 0.256 e. The lowest BCUT2D eigenvalue weighted by Gasteiger charge is -1.98. The summed E-state index contributed by atoms with van der Waals surface area (Å²) >= 11 is 6.03. The summed E-state index contributed by atoms with van der Waals surface area (Å²) in [6.45, 7) is 0. The summed E-state index contributed by atoms with van der Waals surface area (Å²) in [4.78, 5) is 15.4. The molecule has 0 atom stereocenters. The Bertz CT molecular complexity index is 875. The second-order valence-electron chi connectivity index (χ2n) is 5.01. The number of fused-ring (bicyclic) bond motifs is 2. The molecule has 0 saturated carbocycles. The van der Waals surface area contributed by atoms with Crippen molar-refractivity contribution in [2.24, 2.45) is 0 Å². The minimum Gasteiger partial charge on any atom is -0.355 e. The van der Waals surface area contributed by atoms with Gasteiger partial charge in [0.05, 0.1) is 5.57 Å². The van der Waals surface area contributed by atoms with Crippen LogP contribution < -0.4 is 5.32 Å². The van der Waals surface area contributed by atoms with Gasteiger partial charge in [-0.1, -0.05) is 29.8 Å². The van der Waals surface area contributed by atoms with E-state index in [0.29, 0.717) is 10.6 Å². The van der Waals surface area contributed by atoms with Gasteiger partial charge in [0.2, 0.25) is 0 Å². The third kappa shape index (κ3) is 2.03. The Balaban J connectivity index is 1.86. The number of nitrogens with one attached hydrogen (secondary N) is 2. The number of carbonyl (C=O) groups is 1. The molecule has 2 aromatic carbocycles. The number of amides is 1. The summed E-state index contributed by atoms with van der Waals surface area (Å²) in [5, 5.41) is 4.59. The molecule has 1 aromatic heterocycles. The molecule has 2 N–H and O–H groups in total. The number of benzene rings is 2. The van der Waals surface area contributed by atoms with Gasteiger partial charge in [0, 0.05) is 27.5 Å². The predicted octanol–water partition coefficient (Wildman–Crippen LogP) is 4.31. The van der Waals surface area contributed by atoms with E-state index in [9.17, 15) is 4.79 Å². The fourth-order valence-corrected chi connectivity index (χ4v) is 2.80. The molecule has 0 unspecified atom stereocenters. The fourth-order valence-electron chi connectivity index (χ4n) is 2.63. The predicted molar refractivity (Wildman–Crippen MR) is 86.3 cm³/mol. The minimum absolute atomic E-state index is 0.106. The van der Waals surface area contributed by atoms with Crippen LogP contribution in [-0.2, 0) is 4.79 Å². The van der Waals surface area contributed by atoms with Crippen LogP contribution in [0.4, 0.5) is 5.69 Å². The zero-order chi connectivity index (χ0) is 14.4. The molecule has 3 aromatic rings. The Morgan fingerprint density at radius 1 is 1.05 bits per heavy atom. The quantitative estimate of drug-likeness (QED) is 0.645. The Morgan fingerprint density at radius 2 is 1.90 bits per heavy atom. The third-order valence-electron chi connectivity index (χ3n) is 3.62. The van der Waals surface area contributed by atoms with Crippen LogP contribution in [0.3, 0.4) is 0 Å². The molecule has 102 valence electrons. The molecule has 3 nitrogen and oxygen atoms in total. The number of hydrogen-bond donors (Lipinski definition) is 2. The molecule has 2 heterocycles. The lowest BCUT2D eigenvalue weighted by Crippen LogP contribution is -2.03. The maximum Gasteiger partial charge on any atom is 0.256 e. The largest absolute Gasteiger partial charge is 0.355 e. The summed E-state index contributed by atoms with van der Waals surface area (Å²) in [6, 6.07) is 15.4. The van der Waals surface area contributed by atoms with E-state index in [1.165, 1.54) is 0 Å². The number of aromatic nitrogens is 1. The SMILES string of the molecule is O=C1Nc2ccc(Cl)cc2/C1=C/c1cc2ccccc2[nH]1. The third-order valence-corrected chi connectivity index (χ3v) is 3.85. The highest BCUT2D eigenvalue weighted by Crippen LogP contribution is 2.35. The average Bonchev–Trinajstić information content (AvgIpc) is 3.01. The maximum atomic E-state index is 12.1. The van der Waals surface area contributed by atoms with Crippen molar-refractivity contribution in [1.29, 1.82) is 0 Å². The van der Waals surface area contributed by atoms with Crippen LogP contribution in [0.1, 0.15) is 11.3 Å². The van der Waals surface area contributed by atoms with Gasteiger partial charge in [0.1, 0.15) is 0 Å². The summed E-state index contributed by atoms with van der Waals surface area (Å²) < 4.78 is 0. The average molecular weight is 295 g/mol. The molecule has 0 spiro atoms. The highest BCUT2D eigenvalue weighted by Gasteiger charge is 2.24. The standard InChI is InChI=1S/C17H11ClN2O/c18-11-5-6-16-13(8-11)14(17(21)20-16)9-12-7-10-3-1-2-4-15(10)19-12/h1-9,19H,(H,20,21)/b14-9-. The van der Waals surface area contributed by atoms with E-state index < -0.39 is 0 Å². The number of H-pyrrole nitrogens is 1. The molecule has 1 amide bonds. The van der Waals surface area contributed by atoms with Gasteiger partial charge in [-0.05, 0) is 41.8 Å². The number of halogens is 1. The van der Waals surface area contributed by atoms with Crippen molar-refractivity contribution < 1.29 is 4.79 Å². The van der Waals surface area contributed by atoms with Gasteiger partial charge in [-0.25, -0.2) is 0 Å². The topological polar surface area (TPSA) is 44.9 Å². The van der Waals surface area contributed by atoms with Crippen molar-refractivity contribution >= 4 is 45.7 Å². The van der Waals surface area contributed by atoms with E-state index in [4.69, 9.17) is 11.6 Å². The molecule has 4 heteroatoms. The molecular weight excluding hydrogens is 284 g/mol. The summed E-state index contributed by atoms with van der Waals surface area (Å²) in [7, 11) is 0. The second-order valence-corrected chi connectivity index (χ2v) is 5.45. The summed E-state index contributed by atoms with van der Waals surface area (Å²) in [5.41, 5.74) is 4.21. The van der Waals surface area contributed by atoms with Crippen molar-refractivity contribution in [3.8, 4) is 0 Å². The lowest BCUT2D eigenvalue weighted by molar-refractivity contribution is -0.110. The number of aromatic amines is 1. The van der Waals surface area contributed by atoms with Crippen LogP contribution in [0.15, 0.2) is 48.5 Å². The van der Waals surface area contributed by atoms with Crippen LogP contribution >= 0.6 is 11.6 Å². The van der Waals surface area contributed by atoms with Gasteiger partial charge in [-0.15, -0.1) is 0 Å². The Kier molecular flexibility index (Phi) is 2.62. The van der Waals surface area contributed by atoms with Crippen LogP contribution in [0, 0.1) is 0 Å². The van der Waals surface area contributed by atoms with Gasteiger partial charge in [-0.2, -0.15) is 0 Å². The highest BCUT2D eigenvalue weighted by molar-refractivity contribution is 6.36. The van der Waals surface area contributed by atoms with E-state index in [1.807, 2.05) is 48.5 Å². The summed E-state index contributed by atoms with van der Waals surface area (Å²) in [5.74, 6) is -0.106.